The van der Waals surface area contributed by atoms with Gasteiger partial charge in [-0.2, -0.15) is 18.4 Å². The van der Waals surface area contributed by atoms with Crippen LogP contribution < -0.4 is 4.74 Å². The van der Waals surface area contributed by atoms with Crippen LogP contribution in [0.2, 0.25) is 0 Å². The summed E-state index contributed by atoms with van der Waals surface area (Å²) in [5.41, 5.74) is 0.535. The molecule has 0 bridgehead atoms. The number of fused-ring (bicyclic) bond motifs is 1. The first-order valence-corrected chi connectivity index (χ1v) is 10.5. The molecule has 0 aliphatic heterocycles. The highest BCUT2D eigenvalue weighted by Crippen LogP contribution is 2.39. The van der Waals surface area contributed by atoms with Gasteiger partial charge in [-0.1, -0.05) is 6.92 Å². The number of nitriles is 1. The molecule has 0 unspecified atom stereocenters. The number of benzene rings is 1. The zero-order chi connectivity index (χ0) is 24.2. The van der Waals surface area contributed by atoms with Crippen molar-refractivity contribution in [2.45, 2.75) is 32.9 Å². The summed E-state index contributed by atoms with van der Waals surface area (Å²) in [6, 6.07) is 7.26. The highest BCUT2D eigenvalue weighted by Gasteiger charge is 2.35. The normalized spacial score (nSPS) is 11.4. The van der Waals surface area contributed by atoms with Gasteiger partial charge in [0, 0.05) is 32.1 Å². The number of halogens is 3. The molecule has 0 atom stereocenters. The van der Waals surface area contributed by atoms with Gasteiger partial charge in [0.15, 0.2) is 5.69 Å². The average molecular weight is 459 g/mol. The predicted octanol–water partition coefficient (Wildman–Crippen LogP) is 4.55. The molecule has 10 heteroatoms. The maximum atomic E-state index is 13.8. The van der Waals surface area contributed by atoms with Crippen molar-refractivity contribution >= 4 is 16.9 Å². The first kappa shape index (κ1) is 24.0. The van der Waals surface area contributed by atoms with E-state index in [-0.39, 0.29) is 35.2 Å². The van der Waals surface area contributed by atoms with Crippen LogP contribution in [0.1, 0.15) is 37.9 Å². The average Bonchev–Trinajstić information content (AvgIpc) is 3.18. The molecule has 0 aliphatic rings. The molecule has 0 saturated carbocycles. The number of carbonyl (C=O) groups excluding carboxylic acids is 1. The van der Waals surface area contributed by atoms with Gasteiger partial charge in [-0.15, -0.1) is 0 Å². The molecule has 174 valence electrons. The maximum absolute atomic E-state index is 13.8. The summed E-state index contributed by atoms with van der Waals surface area (Å²) >= 11 is 0. The zero-order valence-electron chi connectivity index (χ0n) is 18.6. The summed E-state index contributed by atoms with van der Waals surface area (Å²) in [6.45, 7) is 4.60. The number of alkyl halides is 3. The summed E-state index contributed by atoms with van der Waals surface area (Å²) < 4.78 is 48.5. The SMILES string of the molecule is CCC(=O)N(CC)CCCOc1ccc(-c2cc3c(ncn3C)c(C#N)n2)cc1C(F)(F)F. The number of ether oxygens (including phenoxy) is 1. The van der Waals surface area contributed by atoms with Gasteiger partial charge in [-0.05, 0) is 37.6 Å². The van der Waals surface area contributed by atoms with Crippen LogP contribution in [0.25, 0.3) is 22.3 Å². The fraction of sp³-hybridized carbons (Fsp3) is 0.391. The minimum atomic E-state index is -4.65. The van der Waals surface area contributed by atoms with Crippen LogP contribution in [0.4, 0.5) is 13.2 Å². The number of carbonyl (C=O) groups is 1. The van der Waals surface area contributed by atoms with Crippen molar-refractivity contribution in [3.63, 3.8) is 0 Å². The monoisotopic (exact) mass is 459 g/mol. The van der Waals surface area contributed by atoms with E-state index in [4.69, 9.17) is 4.74 Å². The van der Waals surface area contributed by atoms with Gasteiger partial charge in [0.2, 0.25) is 5.91 Å². The number of amides is 1. The fourth-order valence-corrected chi connectivity index (χ4v) is 3.51. The van der Waals surface area contributed by atoms with E-state index in [0.717, 1.165) is 6.07 Å². The Balaban J connectivity index is 1.86. The Hall–Kier alpha value is -3.61. The Kier molecular flexibility index (Phi) is 7.21. The molecule has 0 radical (unpaired) electrons. The van der Waals surface area contributed by atoms with Crippen LogP contribution >= 0.6 is 0 Å². The van der Waals surface area contributed by atoms with Gasteiger partial charge in [-0.3, -0.25) is 4.79 Å². The molecule has 0 fully saturated rings. The molecule has 0 spiro atoms. The Morgan fingerprint density at radius 3 is 2.67 bits per heavy atom. The van der Waals surface area contributed by atoms with E-state index >= 15 is 0 Å². The van der Waals surface area contributed by atoms with Crippen molar-refractivity contribution in [3.8, 4) is 23.1 Å². The number of rotatable bonds is 8. The third kappa shape index (κ3) is 5.25. The first-order valence-electron chi connectivity index (χ1n) is 10.5. The van der Waals surface area contributed by atoms with Gasteiger partial charge in [0.05, 0.1) is 29.7 Å². The van der Waals surface area contributed by atoms with E-state index in [1.165, 1.54) is 18.5 Å². The third-order valence-electron chi connectivity index (χ3n) is 5.27. The fourth-order valence-electron chi connectivity index (χ4n) is 3.51. The lowest BCUT2D eigenvalue weighted by Crippen LogP contribution is -2.31. The first-order chi connectivity index (χ1) is 15.7. The van der Waals surface area contributed by atoms with Crippen molar-refractivity contribution in [3.05, 3.63) is 41.9 Å². The van der Waals surface area contributed by atoms with E-state index in [9.17, 15) is 23.2 Å². The summed E-state index contributed by atoms with van der Waals surface area (Å²) in [5, 5.41) is 9.39. The molecule has 2 aromatic heterocycles. The van der Waals surface area contributed by atoms with E-state index in [1.54, 1.807) is 29.5 Å². The van der Waals surface area contributed by atoms with Gasteiger partial charge < -0.3 is 14.2 Å². The molecule has 0 saturated heterocycles. The molecule has 3 aromatic rings. The molecule has 2 heterocycles. The molecular weight excluding hydrogens is 435 g/mol. The highest BCUT2D eigenvalue weighted by molar-refractivity contribution is 5.84. The minimum absolute atomic E-state index is 0.00698. The van der Waals surface area contributed by atoms with Gasteiger partial charge >= 0.3 is 6.18 Å². The minimum Gasteiger partial charge on any atom is -0.493 e. The van der Waals surface area contributed by atoms with E-state index in [2.05, 4.69) is 9.97 Å². The van der Waals surface area contributed by atoms with Crippen molar-refractivity contribution in [1.82, 2.24) is 19.4 Å². The Bertz CT molecular complexity index is 1200. The van der Waals surface area contributed by atoms with Crippen molar-refractivity contribution in [2.24, 2.45) is 7.05 Å². The molecule has 1 amide bonds. The molecule has 0 aliphatic carbocycles. The number of pyridine rings is 1. The second-order valence-electron chi connectivity index (χ2n) is 7.43. The smallest absolute Gasteiger partial charge is 0.419 e. The summed E-state index contributed by atoms with van der Waals surface area (Å²) in [7, 11) is 1.73. The molecule has 33 heavy (non-hydrogen) atoms. The van der Waals surface area contributed by atoms with Crippen LogP contribution in [-0.2, 0) is 18.0 Å². The van der Waals surface area contributed by atoms with Gasteiger partial charge in [-0.25, -0.2) is 9.97 Å². The van der Waals surface area contributed by atoms with E-state index in [1.807, 2.05) is 13.0 Å². The molecule has 1 aromatic carbocycles. The van der Waals surface area contributed by atoms with E-state index in [0.29, 0.717) is 37.0 Å². The largest absolute Gasteiger partial charge is 0.493 e. The lowest BCUT2D eigenvalue weighted by Gasteiger charge is -2.20. The molecule has 0 N–H and O–H groups in total. The Morgan fingerprint density at radius 1 is 1.27 bits per heavy atom. The second-order valence-corrected chi connectivity index (χ2v) is 7.43. The summed E-state index contributed by atoms with van der Waals surface area (Å²) in [4.78, 5) is 21.8. The number of hydrogen-bond acceptors (Lipinski definition) is 5. The summed E-state index contributed by atoms with van der Waals surface area (Å²) in [6.07, 6.45) is -2.35. The lowest BCUT2D eigenvalue weighted by atomic mass is 10.1. The van der Waals surface area contributed by atoms with Gasteiger partial charge in [0.25, 0.3) is 0 Å². The van der Waals surface area contributed by atoms with Crippen LogP contribution in [0, 0.1) is 11.3 Å². The van der Waals surface area contributed by atoms with Crippen molar-refractivity contribution < 1.29 is 22.7 Å². The molecule has 3 rings (SSSR count). The van der Waals surface area contributed by atoms with Crippen LogP contribution in [0.3, 0.4) is 0 Å². The Labute approximate surface area is 189 Å². The maximum Gasteiger partial charge on any atom is 0.419 e. The van der Waals surface area contributed by atoms with Crippen LogP contribution in [0.5, 0.6) is 5.75 Å². The standard InChI is InChI=1S/C23H24F3N5O2/c1-4-21(32)31(5-2)9-6-10-33-20-8-7-15(11-16(20)23(24,25)26)17-12-19-22(18(13-27)29-17)28-14-30(19)3/h7-8,11-12,14H,4-6,9-10H2,1-3H3. The number of aromatic nitrogens is 3. The van der Waals surface area contributed by atoms with Crippen molar-refractivity contribution in [1.29, 1.82) is 5.26 Å². The van der Waals surface area contributed by atoms with E-state index < -0.39 is 11.7 Å². The lowest BCUT2D eigenvalue weighted by molar-refractivity contribution is -0.138. The highest BCUT2D eigenvalue weighted by atomic mass is 19.4. The quantitative estimate of drug-likeness (QED) is 0.462. The topological polar surface area (TPSA) is 84.0 Å². The number of hydrogen-bond donors (Lipinski definition) is 0. The van der Waals surface area contributed by atoms with Crippen LogP contribution in [0.15, 0.2) is 30.6 Å². The molecule has 7 nitrogen and oxygen atoms in total. The number of aryl methyl sites for hydroxylation is 1. The van der Waals surface area contributed by atoms with Gasteiger partial charge in [0.1, 0.15) is 17.3 Å². The predicted molar refractivity (Wildman–Crippen MR) is 116 cm³/mol. The number of nitrogens with zero attached hydrogens (tertiary/aromatic N) is 5. The zero-order valence-corrected chi connectivity index (χ0v) is 18.6. The van der Waals surface area contributed by atoms with Crippen LogP contribution in [-0.4, -0.2) is 45.0 Å². The summed E-state index contributed by atoms with van der Waals surface area (Å²) in [5.74, 6) is -0.300. The van der Waals surface area contributed by atoms with Crippen molar-refractivity contribution in [2.75, 3.05) is 19.7 Å². The number of imidazole rings is 1. The molecular formula is C23H24F3N5O2. The third-order valence-corrected chi connectivity index (χ3v) is 5.27. The Morgan fingerprint density at radius 2 is 2.03 bits per heavy atom. The second kappa shape index (κ2) is 9.90.